The average molecular weight is 224 g/mol. The summed E-state index contributed by atoms with van der Waals surface area (Å²) in [6, 6.07) is 0. The number of piperidine rings is 1. The van der Waals surface area contributed by atoms with Gasteiger partial charge in [-0.15, -0.1) is 0 Å². The van der Waals surface area contributed by atoms with Gasteiger partial charge in [-0.2, -0.15) is 0 Å². The maximum atomic E-state index is 11.9. The zero-order valence-corrected chi connectivity index (χ0v) is 10.2. The molecule has 2 rings (SSSR count). The van der Waals surface area contributed by atoms with Gasteiger partial charge in [-0.25, -0.2) is 0 Å². The third kappa shape index (κ3) is 2.57. The van der Waals surface area contributed by atoms with Crippen molar-refractivity contribution in [3.8, 4) is 0 Å². The zero-order chi connectivity index (χ0) is 11.4. The van der Waals surface area contributed by atoms with Crippen molar-refractivity contribution in [2.24, 2.45) is 11.1 Å². The van der Waals surface area contributed by atoms with E-state index in [1.54, 1.807) is 0 Å². The second-order valence-corrected chi connectivity index (χ2v) is 5.52. The van der Waals surface area contributed by atoms with Crippen molar-refractivity contribution in [1.29, 1.82) is 0 Å². The lowest BCUT2D eigenvalue weighted by molar-refractivity contribution is -0.135. The predicted molar refractivity (Wildman–Crippen MR) is 65.0 cm³/mol. The first kappa shape index (κ1) is 11.9. The lowest BCUT2D eigenvalue weighted by atomic mass is 9.69. The van der Waals surface area contributed by atoms with Gasteiger partial charge in [-0.3, -0.25) is 4.79 Å². The molecular formula is C13H24N2O. The largest absolute Gasteiger partial charge is 0.342 e. The maximum absolute atomic E-state index is 11.9. The van der Waals surface area contributed by atoms with Gasteiger partial charge in [0, 0.05) is 26.1 Å². The summed E-state index contributed by atoms with van der Waals surface area (Å²) < 4.78 is 0. The van der Waals surface area contributed by atoms with Crippen LogP contribution in [0.25, 0.3) is 0 Å². The highest BCUT2D eigenvalue weighted by Crippen LogP contribution is 2.43. The summed E-state index contributed by atoms with van der Waals surface area (Å²) in [7, 11) is 0. The molecule has 1 amide bonds. The normalized spacial score (nSPS) is 24.7. The third-order valence-corrected chi connectivity index (χ3v) is 4.29. The summed E-state index contributed by atoms with van der Waals surface area (Å²) in [5.74, 6) is 0.271. The molecule has 0 aromatic heterocycles. The fraction of sp³-hybridized carbons (Fsp3) is 0.923. The van der Waals surface area contributed by atoms with E-state index in [1.807, 2.05) is 0 Å². The molecule has 3 heteroatoms. The molecule has 1 saturated heterocycles. The Kier molecular flexibility index (Phi) is 3.85. The molecule has 1 heterocycles. The fourth-order valence-electron chi connectivity index (χ4n) is 3.41. The van der Waals surface area contributed by atoms with Crippen molar-refractivity contribution in [2.75, 3.05) is 19.6 Å². The summed E-state index contributed by atoms with van der Waals surface area (Å²) in [4.78, 5) is 13.9. The molecule has 92 valence electrons. The Morgan fingerprint density at radius 2 is 1.81 bits per heavy atom. The second-order valence-electron chi connectivity index (χ2n) is 5.52. The summed E-state index contributed by atoms with van der Waals surface area (Å²) >= 11 is 0. The van der Waals surface area contributed by atoms with Gasteiger partial charge >= 0.3 is 0 Å². The minimum Gasteiger partial charge on any atom is -0.342 e. The Morgan fingerprint density at radius 3 is 2.50 bits per heavy atom. The van der Waals surface area contributed by atoms with Crippen LogP contribution >= 0.6 is 0 Å². The van der Waals surface area contributed by atoms with Gasteiger partial charge in [-0.1, -0.05) is 19.3 Å². The number of nitrogens with zero attached hydrogens (tertiary/aromatic N) is 1. The predicted octanol–water partition coefficient (Wildman–Crippen LogP) is 1.91. The van der Waals surface area contributed by atoms with Crippen molar-refractivity contribution < 1.29 is 4.79 Å². The van der Waals surface area contributed by atoms with Crippen LogP contribution in [-0.4, -0.2) is 30.4 Å². The van der Waals surface area contributed by atoms with Crippen LogP contribution < -0.4 is 5.73 Å². The van der Waals surface area contributed by atoms with E-state index in [2.05, 4.69) is 4.90 Å². The number of hydrogen-bond acceptors (Lipinski definition) is 2. The van der Waals surface area contributed by atoms with E-state index in [0.717, 1.165) is 13.1 Å². The molecule has 0 unspecified atom stereocenters. The molecule has 1 saturated carbocycles. The molecule has 1 aliphatic carbocycles. The molecule has 1 spiro atoms. The highest BCUT2D eigenvalue weighted by atomic mass is 16.2. The van der Waals surface area contributed by atoms with Crippen molar-refractivity contribution in [1.82, 2.24) is 4.90 Å². The smallest absolute Gasteiger partial charge is 0.223 e. The van der Waals surface area contributed by atoms with Crippen LogP contribution in [0.4, 0.5) is 0 Å². The van der Waals surface area contributed by atoms with Crippen LogP contribution in [0.1, 0.15) is 51.4 Å². The van der Waals surface area contributed by atoms with Crippen LogP contribution in [-0.2, 0) is 4.79 Å². The molecule has 1 aliphatic heterocycles. The minimum atomic E-state index is 0.271. The second kappa shape index (κ2) is 5.17. The molecule has 0 atom stereocenters. The van der Waals surface area contributed by atoms with Gasteiger partial charge in [0.2, 0.25) is 5.91 Å². The Morgan fingerprint density at radius 1 is 1.12 bits per heavy atom. The average Bonchev–Trinajstić information content (AvgIpc) is 2.30. The zero-order valence-electron chi connectivity index (χ0n) is 10.2. The van der Waals surface area contributed by atoms with Gasteiger partial charge in [0.15, 0.2) is 0 Å². The van der Waals surface area contributed by atoms with E-state index in [9.17, 15) is 4.79 Å². The Balaban J connectivity index is 1.94. The molecule has 2 aliphatic rings. The molecule has 2 N–H and O–H groups in total. The van der Waals surface area contributed by atoms with Crippen molar-refractivity contribution >= 4 is 5.91 Å². The maximum Gasteiger partial charge on any atom is 0.223 e. The molecule has 3 nitrogen and oxygen atoms in total. The summed E-state index contributed by atoms with van der Waals surface area (Å²) in [6.07, 6.45) is 9.82. The van der Waals surface area contributed by atoms with E-state index in [1.165, 1.54) is 44.9 Å². The van der Waals surface area contributed by atoms with Gasteiger partial charge < -0.3 is 10.6 Å². The quantitative estimate of drug-likeness (QED) is 0.779. The summed E-state index contributed by atoms with van der Waals surface area (Å²) in [5, 5.41) is 0. The van der Waals surface area contributed by atoms with E-state index in [-0.39, 0.29) is 5.91 Å². The number of hydrogen-bond donors (Lipinski definition) is 1. The Bertz CT molecular complexity index is 241. The van der Waals surface area contributed by atoms with E-state index >= 15 is 0 Å². The standard InChI is InChI=1S/C13H24N2O/c14-9-5-12(16)15-10-4-8-13(11-15)6-2-1-3-7-13/h1-11,14H2. The van der Waals surface area contributed by atoms with Crippen LogP contribution in [0.15, 0.2) is 0 Å². The topological polar surface area (TPSA) is 46.3 Å². The highest BCUT2D eigenvalue weighted by Gasteiger charge is 2.37. The third-order valence-electron chi connectivity index (χ3n) is 4.29. The highest BCUT2D eigenvalue weighted by molar-refractivity contribution is 5.76. The summed E-state index contributed by atoms with van der Waals surface area (Å²) in [6.45, 7) is 2.45. The SMILES string of the molecule is NCCC(=O)N1CCCC2(CCCCC2)C1. The lowest BCUT2D eigenvalue weighted by Gasteiger charge is -2.45. The number of carbonyl (C=O) groups excluding carboxylic acids is 1. The molecule has 0 aromatic carbocycles. The monoisotopic (exact) mass is 224 g/mol. The fourth-order valence-corrected chi connectivity index (χ4v) is 3.41. The van der Waals surface area contributed by atoms with Gasteiger partial charge in [-0.05, 0) is 31.1 Å². The van der Waals surface area contributed by atoms with Crippen LogP contribution in [0, 0.1) is 5.41 Å². The molecule has 0 radical (unpaired) electrons. The van der Waals surface area contributed by atoms with Crippen molar-refractivity contribution in [3.05, 3.63) is 0 Å². The van der Waals surface area contributed by atoms with Crippen molar-refractivity contribution in [2.45, 2.75) is 51.4 Å². The molecule has 16 heavy (non-hydrogen) atoms. The van der Waals surface area contributed by atoms with E-state index in [0.29, 0.717) is 18.4 Å². The van der Waals surface area contributed by atoms with Crippen LogP contribution in [0.2, 0.25) is 0 Å². The van der Waals surface area contributed by atoms with Crippen molar-refractivity contribution in [3.63, 3.8) is 0 Å². The first-order valence-corrected chi connectivity index (χ1v) is 6.74. The molecule has 0 bridgehead atoms. The number of nitrogens with two attached hydrogens (primary N) is 1. The minimum absolute atomic E-state index is 0.271. The van der Waals surface area contributed by atoms with Gasteiger partial charge in [0.1, 0.15) is 0 Å². The van der Waals surface area contributed by atoms with Crippen LogP contribution in [0.3, 0.4) is 0 Å². The number of likely N-dealkylation sites (tertiary alicyclic amines) is 1. The van der Waals surface area contributed by atoms with Crippen LogP contribution in [0.5, 0.6) is 0 Å². The molecule has 0 aromatic rings. The molecular weight excluding hydrogens is 200 g/mol. The van der Waals surface area contributed by atoms with Gasteiger partial charge in [0.25, 0.3) is 0 Å². The van der Waals surface area contributed by atoms with E-state index < -0.39 is 0 Å². The first-order valence-electron chi connectivity index (χ1n) is 6.74. The summed E-state index contributed by atoms with van der Waals surface area (Å²) in [5.41, 5.74) is 5.93. The number of amides is 1. The van der Waals surface area contributed by atoms with Gasteiger partial charge in [0.05, 0.1) is 0 Å². The Labute approximate surface area is 98.4 Å². The first-order chi connectivity index (χ1) is 7.76. The number of rotatable bonds is 2. The number of carbonyl (C=O) groups is 1. The Hall–Kier alpha value is -0.570. The van der Waals surface area contributed by atoms with E-state index in [4.69, 9.17) is 5.73 Å². The molecule has 2 fully saturated rings. The lowest BCUT2D eigenvalue weighted by Crippen LogP contribution is -2.47.